The van der Waals surface area contributed by atoms with Gasteiger partial charge in [-0.05, 0) is 4.53 Å². The predicted octanol–water partition coefficient (Wildman–Crippen LogP) is 2.61. The maximum atomic E-state index is 11.9. The van der Waals surface area contributed by atoms with Gasteiger partial charge in [0.2, 0.25) is 0 Å². The van der Waals surface area contributed by atoms with Crippen LogP contribution in [0.15, 0.2) is 0 Å². The molecule has 0 fully saturated rings. The number of rotatable bonds is 2. The lowest BCUT2D eigenvalue weighted by molar-refractivity contribution is -0.552. The normalized spacial score (nSPS) is 18.5. The van der Waals surface area contributed by atoms with Crippen LogP contribution in [0.5, 0.6) is 0 Å². The van der Waals surface area contributed by atoms with Crippen molar-refractivity contribution in [2.75, 3.05) is 0 Å². The first-order valence-electron chi connectivity index (χ1n) is 2.34. The molecule has 0 N–H and O–H groups in total. The fourth-order valence-electron chi connectivity index (χ4n) is 0.266. The van der Waals surface area contributed by atoms with Gasteiger partial charge in [0.1, 0.15) is 0 Å². The molecule has 0 aliphatic heterocycles. The van der Waals surface area contributed by atoms with Crippen molar-refractivity contribution in [2.45, 2.75) is 18.6 Å². The second-order valence-corrected chi connectivity index (χ2v) is 1.66. The summed E-state index contributed by atoms with van der Waals surface area (Å²) in [5.74, 6) is 0. The first kappa shape index (κ1) is 12.4. The molecule has 13 heavy (non-hydrogen) atoms. The third-order valence-electron chi connectivity index (χ3n) is 0.685. The lowest BCUT2D eigenvalue weighted by Crippen LogP contribution is -2.47. The topological polar surface area (TPSA) is 18.5 Å². The summed E-state index contributed by atoms with van der Waals surface area (Å²) in [7, 11) is 0. The molecule has 0 bridgehead atoms. The van der Waals surface area contributed by atoms with Crippen molar-refractivity contribution >= 4 is 0 Å². The average Bonchev–Trinajstić information content (AvgIpc) is 1.81. The number of hydrogen-bond donors (Lipinski definition) is 0. The second-order valence-electron chi connectivity index (χ2n) is 1.66. The van der Waals surface area contributed by atoms with E-state index < -0.39 is 18.6 Å². The van der Waals surface area contributed by atoms with E-state index in [0.717, 1.165) is 0 Å². The van der Waals surface area contributed by atoms with E-state index in [0.29, 0.717) is 0 Å². The van der Waals surface area contributed by atoms with Gasteiger partial charge in [0.05, 0.1) is 0 Å². The van der Waals surface area contributed by atoms with E-state index in [9.17, 15) is 35.3 Å². The Hall–Kier alpha value is -0.640. The lowest BCUT2D eigenvalue weighted by Gasteiger charge is -2.23. The Morgan fingerprint density at radius 1 is 0.769 bits per heavy atom. The van der Waals surface area contributed by atoms with E-state index in [1.807, 2.05) is 0 Å². The Labute approximate surface area is 64.9 Å². The summed E-state index contributed by atoms with van der Waals surface area (Å²) in [6, 6.07) is -5.83. The molecular weight excluding hydrogens is 220 g/mol. The van der Waals surface area contributed by atoms with Gasteiger partial charge in [-0.25, -0.2) is 4.74 Å². The molecule has 0 aliphatic carbocycles. The molecule has 10 heteroatoms. The van der Waals surface area contributed by atoms with Gasteiger partial charge in [-0.3, -0.25) is 0 Å². The molecule has 0 aromatic rings. The number of ether oxygens (including phenoxy) is 1. The van der Waals surface area contributed by atoms with Crippen LogP contribution >= 0.6 is 0 Å². The van der Waals surface area contributed by atoms with Crippen LogP contribution < -0.4 is 0 Å². The van der Waals surface area contributed by atoms with E-state index in [-0.39, 0.29) is 0 Å². The highest BCUT2D eigenvalue weighted by Crippen LogP contribution is 2.40. The largest absolute Gasteiger partial charge is 0.527 e. The summed E-state index contributed by atoms with van der Waals surface area (Å²) in [6.07, 6.45) is -12.3. The highest BCUT2D eigenvalue weighted by atomic mass is 19.4. The van der Waals surface area contributed by atoms with Crippen LogP contribution in [0.3, 0.4) is 0 Å². The maximum absolute atomic E-state index is 11.9. The first-order valence-corrected chi connectivity index (χ1v) is 2.34. The van der Waals surface area contributed by atoms with Crippen LogP contribution in [0, 0.1) is 0 Å². The monoisotopic (exact) mass is 220 g/mol. The van der Waals surface area contributed by atoms with Crippen LogP contribution in [-0.4, -0.2) is 18.6 Å². The molecule has 0 rings (SSSR count). The SMILES string of the molecule is FOC(F)(OC(F)(F)F)C(F)(F)F. The van der Waals surface area contributed by atoms with Crippen molar-refractivity contribution in [3.05, 3.63) is 0 Å². The minimum absolute atomic E-state index is 1.44. The zero-order chi connectivity index (χ0) is 10.9. The molecule has 80 valence electrons. The Bertz CT molecular complexity index is 171. The molecular formula is C3F8O2. The number of halogens is 8. The van der Waals surface area contributed by atoms with Crippen LogP contribution in [0.4, 0.5) is 35.3 Å². The molecule has 0 aromatic heterocycles. The molecule has 1 atom stereocenters. The zero-order valence-corrected chi connectivity index (χ0v) is 5.34. The van der Waals surface area contributed by atoms with Gasteiger partial charge in [-0.15, -0.1) is 18.1 Å². The van der Waals surface area contributed by atoms with E-state index in [1.54, 1.807) is 4.74 Å². The molecule has 0 heterocycles. The first-order chi connectivity index (χ1) is 5.52. The second kappa shape index (κ2) is 3.25. The smallest absolute Gasteiger partial charge is 0.220 e. The molecule has 0 amide bonds. The minimum atomic E-state index is -6.29. The van der Waals surface area contributed by atoms with Gasteiger partial charge < -0.3 is 0 Å². The molecule has 0 aromatic carbocycles. The fourth-order valence-corrected chi connectivity index (χ4v) is 0.266. The zero-order valence-electron chi connectivity index (χ0n) is 5.34. The van der Waals surface area contributed by atoms with Crippen molar-refractivity contribution in [3.63, 3.8) is 0 Å². The molecule has 0 aliphatic rings. The average molecular weight is 220 g/mol. The molecule has 1 unspecified atom stereocenters. The number of hydrogen-bond acceptors (Lipinski definition) is 2. The summed E-state index contributed by atoms with van der Waals surface area (Å²) in [6.45, 7) is 0. The Balaban J connectivity index is 4.67. The number of alkyl halides is 7. The van der Waals surface area contributed by atoms with Gasteiger partial charge in [-0.2, -0.15) is 17.6 Å². The van der Waals surface area contributed by atoms with Crippen molar-refractivity contribution in [2.24, 2.45) is 0 Å². The van der Waals surface area contributed by atoms with Crippen LogP contribution in [0.2, 0.25) is 0 Å². The van der Waals surface area contributed by atoms with Crippen LogP contribution in [0.1, 0.15) is 0 Å². The molecule has 0 saturated heterocycles. The third-order valence-corrected chi connectivity index (χ3v) is 0.685. The summed E-state index contributed by atoms with van der Waals surface area (Å²) in [4.78, 5) is 1.44. The van der Waals surface area contributed by atoms with Crippen molar-refractivity contribution in [3.8, 4) is 0 Å². The summed E-state index contributed by atoms with van der Waals surface area (Å²) in [5, 5.41) is 0. The highest BCUT2D eigenvalue weighted by molar-refractivity contribution is 4.65. The maximum Gasteiger partial charge on any atom is 0.527 e. The Morgan fingerprint density at radius 3 is 1.23 bits per heavy atom. The van der Waals surface area contributed by atoms with E-state index >= 15 is 0 Å². The summed E-state index contributed by atoms with van der Waals surface area (Å²) in [5.41, 5.74) is 0. The van der Waals surface area contributed by atoms with Crippen molar-refractivity contribution in [1.29, 1.82) is 0 Å². The van der Waals surface area contributed by atoms with Crippen LogP contribution in [-0.2, 0) is 9.68 Å². The summed E-state index contributed by atoms with van der Waals surface area (Å²) < 4.78 is 91.4. The highest BCUT2D eigenvalue weighted by Gasteiger charge is 2.66. The Kier molecular flexibility index (Phi) is 3.09. The van der Waals surface area contributed by atoms with Gasteiger partial charge in [0.25, 0.3) is 0 Å². The van der Waals surface area contributed by atoms with Crippen molar-refractivity contribution in [1.82, 2.24) is 0 Å². The minimum Gasteiger partial charge on any atom is -0.220 e. The van der Waals surface area contributed by atoms with Crippen molar-refractivity contribution < 1.29 is 44.9 Å². The molecule has 2 nitrogen and oxygen atoms in total. The van der Waals surface area contributed by atoms with Gasteiger partial charge in [0.15, 0.2) is 0 Å². The molecule has 0 spiro atoms. The van der Waals surface area contributed by atoms with Gasteiger partial charge in [0, 0.05) is 0 Å². The van der Waals surface area contributed by atoms with Crippen LogP contribution in [0.25, 0.3) is 0 Å². The summed E-state index contributed by atoms with van der Waals surface area (Å²) >= 11 is 0. The van der Waals surface area contributed by atoms with E-state index in [1.165, 1.54) is 4.94 Å². The molecule has 0 saturated carbocycles. The van der Waals surface area contributed by atoms with E-state index in [4.69, 9.17) is 0 Å². The lowest BCUT2D eigenvalue weighted by atomic mass is 10.6. The fraction of sp³-hybridized carbons (Fsp3) is 1.00. The standard InChI is InChI=1S/C3F8O2/c4-1(5,6)2(7,13-11)12-3(8,9)10. The van der Waals surface area contributed by atoms with Gasteiger partial charge in [-0.1, -0.05) is 0 Å². The Morgan fingerprint density at radius 2 is 1.15 bits per heavy atom. The quantitative estimate of drug-likeness (QED) is 0.526. The van der Waals surface area contributed by atoms with E-state index in [2.05, 4.69) is 0 Å². The third kappa shape index (κ3) is 3.30. The molecule has 0 radical (unpaired) electrons. The predicted molar refractivity (Wildman–Crippen MR) is 19.2 cm³/mol. The van der Waals surface area contributed by atoms with Gasteiger partial charge >= 0.3 is 18.6 Å².